The number of amides is 1. The number of benzene rings is 1. The summed E-state index contributed by atoms with van der Waals surface area (Å²) in [6, 6.07) is 8.46. The molecular weight excluding hydrogens is 266 g/mol. The van der Waals surface area contributed by atoms with E-state index >= 15 is 0 Å². The summed E-state index contributed by atoms with van der Waals surface area (Å²) in [6.07, 6.45) is 6.32. The first-order valence-corrected chi connectivity index (χ1v) is 8.72. The van der Waals surface area contributed by atoms with Crippen LogP contribution in [0, 0.1) is 5.92 Å². The highest BCUT2D eigenvalue weighted by molar-refractivity contribution is 7.98. The van der Waals surface area contributed by atoms with Crippen molar-refractivity contribution in [1.82, 2.24) is 4.90 Å². The summed E-state index contributed by atoms with van der Waals surface area (Å²) in [5.41, 5.74) is 1.20. The van der Waals surface area contributed by atoms with Crippen molar-refractivity contribution in [1.29, 1.82) is 0 Å². The van der Waals surface area contributed by atoms with Gasteiger partial charge in [-0.05, 0) is 36.8 Å². The van der Waals surface area contributed by atoms with Crippen LogP contribution in [0.4, 0.5) is 0 Å². The topological polar surface area (TPSA) is 20.3 Å². The van der Waals surface area contributed by atoms with E-state index in [1.807, 2.05) is 11.9 Å². The average molecular weight is 293 g/mol. The normalized spacial score (nSPS) is 12.2. The largest absolute Gasteiger partial charge is 0.341 e. The standard InChI is InChI=1S/C17H27NOS/c1-5-7-8-15(6-2)17(19)18(3)13-14-9-11-16(20-4)12-10-14/h9-12,15H,5-8,13H2,1-4H3. The molecule has 1 amide bonds. The van der Waals surface area contributed by atoms with Gasteiger partial charge in [0.05, 0.1) is 0 Å². The predicted octanol–water partition coefficient (Wildman–Crippen LogP) is 4.58. The molecule has 1 unspecified atom stereocenters. The van der Waals surface area contributed by atoms with Crippen molar-refractivity contribution in [2.75, 3.05) is 13.3 Å². The van der Waals surface area contributed by atoms with E-state index in [0.717, 1.165) is 25.7 Å². The molecule has 20 heavy (non-hydrogen) atoms. The second kappa shape index (κ2) is 9.06. The van der Waals surface area contributed by atoms with Crippen molar-refractivity contribution >= 4 is 17.7 Å². The molecule has 0 aliphatic carbocycles. The molecule has 0 spiro atoms. The van der Waals surface area contributed by atoms with Crippen LogP contribution in [0.5, 0.6) is 0 Å². The van der Waals surface area contributed by atoms with Crippen LogP contribution in [0.25, 0.3) is 0 Å². The molecule has 0 N–H and O–H groups in total. The fourth-order valence-corrected chi connectivity index (χ4v) is 2.76. The molecule has 0 radical (unpaired) electrons. The maximum atomic E-state index is 12.4. The van der Waals surface area contributed by atoms with Crippen LogP contribution in [-0.4, -0.2) is 24.1 Å². The van der Waals surface area contributed by atoms with E-state index in [1.165, 1.54) is 10.5 Å². The number of carbonyl (C=O) groups is 1. The first kappa shape index (κ1) is 17.1. The van der Waals surface area contributed by atoms with E-state index in [1.54, 1.807) is 11.8 Å². The molecule has 1 atom stereocenters. The molecule has 0 fully saturated rings. The Balaban J connectivity index is 2.58. The number of carbonyl (C=O) groups excluding carboxylic acids is 1. The molecule has 1 aromatic rings. The minimum Gasteiger partial charge on any atom is -0.341 e. The monoisotopic (exact) mass is 293 g/mol. The lowest BCUT2D eigenvalue weighted by atomic mass is 9.98. The van der Waals surface area contributed by atoms with Gasteiger partial charge in [-0.2, -0.15) is 0 Å². The zero-order valence-electron chi connectivity index (χ0n) is 13.2. The summed E-state index contributed by atoms with van der Waals surface area (Å²) in [5.74, 6) is 0.473. The van der Waals surface area contributed by atoms with E-state index in [-0.39, 0.29) is 11.8 Å². The molecule has 1 rings (SSSR count). The highest BCUT2D eigenvalue weighted by Gasteiger charge is 2.19. The van der Waals surface area contributed by atoms with Gasteiger partial charge < -0.3 is 4.90 Å². The van der Waals surface area contributed by atoms with Gasteiger partial charge in [-0.3, -0.25) is 4.79 Å². The zero-order valence-corrected chi connectivity index (χ0v) is 14.0. The Morgan fingerprint density at radius 1 is 1.25 bits per heavy atom. The van der Waals surface area contributed by atoms with Crippen molar-refractivity contribution in [3.8, 4) is 0 Å². The van der Waals surface area contributed by atoms with E-state index in [9.17, 15) is 4.79 Å². The minimum atomic E-state index is 0.186. The Morgan fingerprint density at radius 2 is 1.90 bits per heavy atom. The second-order valence-corrected chi connectivity index (χ2v) is 6.17. The third-order valence-corrected chi connectivity index (χ3v) is 4.45. The minimum absolute atomic E-state index is 0.186. The molecule has 0 bridgehead atoms. The van der Waals surface area contributed by atoms with E-state index in [0.29, 0.717) is 6.54 Å². The Hall–Kier alpha value is -0.960. The van der Waals surface area contributed by atoms with Crippen LogP contribution in [-0.2, 0) is 11.3 Å². The van der Waals surface area contributed by atoms with Gasteiger partial charge in [-0.1, -0.05) is 38.8 Å². The van der Waals surface area contributed by atoms with Gasteiger partial charge in [-0.15, -0.1) is 11.8 Å². The Bertz CT molecular complexity index is 402. The second-order valence-electron chi connectivity index (χ2n) is 5.29. The smallest absolute Gasteiger partial charge is 0.225 e. The van der Waals surface area contributed by atoms with Gasteiger partial charge in [0.2, 0.25) is 5.91 Å². The summed E-state index contributed by atoms with van der Waals surface area (Å²) in [5, 5.41) is 0. The van der Waals surface area contributed by atoms with Crippen molar-refractivity contribution in [3.63, 3.8) is 0 Å². The van der Waals surface area contributed by atoms with Crippen LogP contribution >= 0.6 is 11.8 Å². The van der Waals surface area contributed by atoms with Gasteiger partial charge >= 0.3 is 0 Å². The maximum absolute atomic E-state index is 12.4. The maximum Gasteiger partial charge on any atom is 0.225 e. The van der Waals surface area contributed by atoms with Gasteiger partial charge in [0.1, 0.15) is 0 Å². The number of nitrogens with zero attached hydrogens (tertiary/aromatic N) is 1. The number of hydrogen-bond acceptors (Lipinski definition) is 2. The lowest BCUT2D eigenvalue weighted by molar-refractivity contribution is -0.135. The summed E-state index contributed by atoms with van der Waals surface area (Å²) in [7, 11) is 1.92. The van der Waals surface area contributed by atoms with Crippen LogP contribution in [0.1, 0.15) is 45.1 Å². The highest BCUT2D eigenvalue weighted by Crippen LogP contribution is 2.18. The molecular formula is C17H27NOS. The predicted molar refractivity (Wildman–Crippen MR) is 88.0 cm³/mol. The van der Waals surface area contributed by atoms with E-state index in [4.69, 9.17) is 0 Å². The Labute approximate surface area is 127 Å². The molecule has 0 aromatic heterocycles. The van der Waals surface area contributed by atoms with E-state index < -0.39 is 0 Å². The fraction of sp³-hybridized carbons (Fsp3) is 0.588. The SMILES string of the molecule is CCCCC(CC)C(=O)N(C)Cc1ccc(SC)cc1. The highest BCUT2D eigenvalue weighted by atomic mass is 32.2. The molecule has 1 aromatic carbocycles. The molecule has 112 valence electrons. The first-order valence-electron chi connectivity index (χ1n) is 7.50. The van der Waals surface area contributed by atoms with Crippen LogP contribution < -0.4 is 0 Å². The summed E-state index contributed by atoms with van der Waals surface area (Å²) in [4.78, 5) is 15.6. The number of unbranched alkanes of at least 4 members (excludes halogenated alkanes) is 1. The van der Waals surface area contributed by atoms with Crippen LogP contribution in [0.15, 0.2) is 29.2 Å². The molecule has 0 heterocycles. The lowest BCUT2D eigenvalue weighted by Gasteiger charge is -2.23. The Morgan fingerprint density at radius 3 is 2.40 bits per heavy atom. The van der Waals surface area contributed by atoms with Crippen molar-refractivity contribution in [2.24, 2.45) is 5.92 Å². The van der Waals surface area contributed by atoms with Gasteiger partial charge in [0, 0.05) is 24.4 Å². The number of thioether (sulfide) groups is 1. The molecule has 0 aliphatic heterocycles. The molecule has 0 saturated heterocycles. The van der Waals surface area contributed by atoms with Crippen molar-refractivity contribution in [3.05, 3.63) is 29.8 Å². The van der Waals surface area contributed by atoms with E-state index in [2.05, 4.69) is 44.4 Å². The third kappa shape index (κ3) is 5.20. The molecule has 0 saturated carbocycles. The lowest BCUT2D eigenvalue weighted by Crippen LogP contribution is -2.32. The molecule has 3 heteroatoms. The quantitative estimate of drug-likeness (QED) is 0.654. The zero-order chi connectivity index (χ0) is 15.0. The average Bonchev–Trinajstić information content (AvgIpc) is 2.48. The van der Waals surface area contributed by atoms with Crippen LogP contribution in [0.2, 0.25) is 0 Å². The van der Waals surface area contributed by atoms with Gasteiger partial charge in [0.15, 0.2) is 0 Å². The fourth-order valence-electron chi connectivity index (χ4n) is 2.35. The summed E-state index contributed by atoms with van der Waals surface area (Å²) >= 11 is 1.74. The molecule has 2 nitrogen and oxygen atoms in total. The molecule has 0 aliphatic rings. The summed E-state index contributed by atoms with van der Waals surface area (Å²) in [6.45, 7) is 4.99. The van der Waals surface area contributed by atoms with Gasteiger partial charge in [0.25, 0.3) is 0 Å². The summed E-state index contributed by atoms with van der Waals surface area (Å²) < 4.78 is 0. The van der Waals surface area contributed by atoms with Gasteiger partial charge in [-0.25, -0.2) is 0 Å². The van der Waals surface area contributed by atoms with Crippen LogP contribution in [0.3, 0.4) is 0 Å². The third-order valence-electron chi connectivity index (χ3n) is 3.70. The Kier molecular flexibility index (Phi) is 7.75. The van der Waals surface area contributed by atoms with Crippen molar-refractivity contribution in [2.45, 2.75) is 51.0 Å². The number of hydrogen-bond donors (Lipinski definition) is 0. The van der Waals surface area contributed by atoms with Crippen molar-refractivity contribution < 1.29 is 4.79 Å². The first-order chi connectivity index (χ1) is 9.62. The number of rotatable bonds is 8.